The summed E-state index contributed by atoms with van der Waals surface area (Å²) in [6.07, 6.45) is -1.34. The number of rotatable bonds is 8. The standard InChI is InChI=1S/C30H42N4O5/c1-18-13-10-11-16-21(18)32-26(36)25(24-19(2)14-12-15-20(24)3)34(29(4,5)6)27(37)22(17-23(31)35)33-28(38)39-30(7,8)9/h10-16,22,25H,17H2,1-9H3,(H2,31,35)(H,32,36)(H,33,38). The molecule has 9 heteroatoms. The predicted molar refractivity (Wildman–Crippen MR) is 152 cm³/mol. The summed E-state index contributed by atoms with van der Waals surface area (Å²) < 4.78 is 5.34. The molecule has 39 heavy (non-hydrogen) atoms. The predicted octanol–water partition coefficient (Wildman–Crippen LogP) is 4.69. The Bertz CT molecular complexity index is 1210. The number of anilines is 1. The first-order chi connectivity index (χ1) is 17.9. The van der Waals surface area contributed by atoms with E-state index in [0.29, 0.717) is 11.3 Å². The van der Waals surface area contributed by atoms with Crippen LogP contribution in [0.1, 0.15) is 76.3 Å². The number of nitrogens with two attached hydrogens (primary N) is 1. The molecule has 0 fully saturated rings. The van der Waals surface area contributed by atoms with Crippen molar-refractivity contribution in [1.82, 2.24) is 10.2 Å². The van der Waals surface area contributed by atoms with Gasteiger partial charge in [-0.1, -0.05) is 36.4 Å². The van der Waals surface area contributed by atoms with Crippen molar-refractivity contribution in [2.75, 3.05) is 5.32 Å². The van der Waals surface area contributed by atoms with Gasteiger partial charge in [0.1, 0.15) is 17.7 Å². The van der Waals surface area contributed by atoms with Crippen LogP contribution in [-0.2, 0) is 19.1 Å². The van der Waals surface area contributed by atoms with Gasteiger partial charge in [0.2, 0.25) is 11.8 Å². The number of carbonyl (C=O) groups is 4. The van der Waals surface area contributed by atoms with Crippen LogP contribution in [-0.4, -0.2) is 45.9 Å². The summed E-state index contributed by atoms with van der Waals surface area (Å²) in [7, 11) is 0. The van der Waals surface area contributed by atoms with Crippen molar-refractivity contribution < 1.29 is 23.9 Å². The van der Waals surface area contributed by atoms with Gasteiger partial charge in [-0.2, -0.15) is 0 Å². The molecule has 0 saturated heterocycles. The number of nitrogens with zero attached hydrogens (tertiary/aromatic N) is 1. The molecule has 0 aliphatic heterocycles. The van der Waals surface area contributed by atoms with Crippen molar-refractivity contribution in [2.24, 2.45) is 5.73 Å². The lowest BCUT2D eigenvalue weighted by molar-refractivity contribution is -0.147. The first kappa shape index (κ1) is 31.3. The molecule has 0 aromatic heterocycles. The molecular formula is C30H42N4O5. The lowest BCUT2D eigenvalue weighted by atomic mass is 9.90. The van der Waals surface area contributed by atoms with E-state index in [1.807, 2.05) is 57.2 Å². The van der Waals surface area contributed by atoms with E-state index < -0.39 is 53.5 Å². The fourth-order valence-electron chi connectivity index (χ4n) is 4.41. The number of alkyl carbamates (subject to hydrolysis) is 1. The SMILES string of the molecule is Cc1ccccc1NC(=O)C(c1c(C)cccc1C)N(C(=O)C(CC(N)=O)NC(=O)OC(C)(C)C)C(C)(C)C. The molecule has 0 aliphatic carbocycles. The molecule has 2 unspecified atom stereocenters. The highest BCUT2D eigenvalue weighted by molar-refractivity contribution is 6.00. The van der Waals surface area contributed by atoms with Crippen LogP contribution >= 0.6 is 0 Å². The van der Waals surface area contributed by atoms with Gasteiger partial charge in [-0.3, -0.25) is 14.4 Å². The van der Waals surface area contributed by atoms with Gasteiger partial charge in [0.05, 0.1) is 6.42 Å². The van der Waals surface area contributed by atoms with Gasteiger partial charge in [0, 0.05) is 11.2 Å². The number of aryl methyl sites for hydroxylation is 3. The van der Waals surface area contributed by atoms with Gasteiger partial charge in [-0.15, -0.1) is 0 Å². The number of ether oxygens (including phenoxy) is 1. The van der Waals surface area contributed by atoms with Crippen LogP contribution in [0.15, 0.2) is 42.5 Å². The van der Waals surface area contributed by atoms with E-state index in [1.165, 1.54) is 4.90 Å². The summed E-state index contributed by atoms with van der Waals surface area (Å²) in [6, 6.07) is 10.6. The van der Waals surface area contributed by atoms with Crippen LogP contribution in [0.3, 0.4) is 0 Å². The second-order valence-corrected chi connectivity index (χ2v) is 11.8. The molecule has 0 bridgehead atoms. The molecule has 2 atom stereocenters. The highest BCUT2D eigenvalue weighted by Gasteiger charge is 2.43. The third-order valence-corrected chi connectivity index (χ3v) is 6.08. The van der Waals surface area contributed by atoms with Crippen molar-refractivity contribution in [3.63, 3.8) is 0 Å². The maximum absolute atomic E-state index is 14.3. The van der Waals surface area contributed by atoms with Gasteiger partial charge in [-0.25, -0.2) is 4.79 Å². The average Bonchev–Trinajstić information content (AvgIpc) is 2.76. The summed E-state index contributed by atoms with van der Waals surface area (Å²) in [4.78, 5) is 54.4. The van der Waals surface area contributed by atoms with Crippen molar-refractivity contribution in [3.05, 3.63) is 64.7 Å². The molecule has 9 nitrogen and oxygen atoms in total. The number of nitrogens with one attached hydrogen (secondary N) is 2. The van der Waals surface area contributed by atoms with Crippen molar-refractivity contribution in [1.29, 1.82) is 0 Å². The normalized spacial score (nSPS) is 13.2. The first-order valence-corrected chi connectivity index (χ1v) is 13.0. The Morgan fingerprint density at radius 2 is 1.41 bits per heavy atom. The maximum atomic E-state index is 14.3. The fourth-order valence-corrected chi connectivity index (χ4v) is 4.41. The Morgan fingerprint density at radius 1 is 0.872 bits per heavy atom. The van der Waals surface area contributed by atoms with Crippen molar-refractivity contribution >= 4 is 29.5 Å². The average molecular weight is 539 g/mol. The Kier molecular flexibility index (Phi) is 9.90. The monoisotopic (exact) mass is 538 g/mol. The lowest BCUT2D eigenvalue weighted by Gasteiger charge is -2.43. The third-order valence-electron chi connectivity index (χ3n) is 6.08. The quantitative estimate of drug-likeness (QED) is 0.449. The first-order valence-electron chi connectivity index (χ1n) is 13.0. The van der Waals surface area contributed by atoms with E-state index in [2.05, 4.69) is 10.6 Å². The van der Waals surface area contributed by atoms with Crippen LogP contribution in [0, 0.1) is 20.8 Å². The molecule has 0 saturated carbocycles. The fraction of sp³-hybridized carbons (Fsp3) is 0.467. The van der Waals surface area contributed by atoms with Crippen LogP contribution < -0.4 is 16.4 Å². The Labute approximate surface area is 231 Å². The summed E-state index contributed by atoms with van der Waals surface area (Å²) in [5.41, 5.74) is 7.49. The number of para-hydroxylation sites is 1. The second kappa shape index (κ2) is 12.3. The summed E-state index contributed by atoms with van der Waals surface area (Å²) in [6.45, 7) is 16.1. The van der Waals surface area contributed by atoms with Gasteiger partial charge >= 0.3 is 6.09 Å². The topological polar surface area (TPSA) is 131 Å². The van der Waals surface area contributed by atoms with E-state index >= 15 is 0 Å². The van der Waals surface area contributed by atoms with Gasteiger partial charge in [0.15, 0.2) is 0 Å². The van der Waals surface area contributed by atoms with Crippen LogP contribution in [0.25, 0.3) is 0 Å². The summed E-state index contributed by atoms with van der Waals surface area (Å²) in [5, 5.41) is 5.49. The van der Waals surface area contributed by atoms with Crippen molar-refractivity contribution in [2.45, 2.75) is 92.0 Å². The number of carbonyl (C=O) groups excluding carboxylic acids is 4. The largest absolute Gasteiger partial charge is 0.444 e. The molecule has 212 valence electrons. The number of hydrogen-bond donors (Lipinski definition) is 3. The van der Waals surface area contributed by atoms with Crippen LogP contribution in [0.2, 0.25) is 0 Å². The third kappa shape index (κ3) is 8.56. The Hall–Kier alpha value is -3.88. The number of benzene rings is 2. The highest BCUT2D eigenvalue weighted by Crippen LogP contribution is 2.35. The molecule has 0 spiro atoms. The molecular weight excluding hydrogens is 496 g/mol. The van der Waals surface area contributed by atoms with Crippen LogP contribution in [0.4, 0.5) is 10.5 Å². The number of amides is 4. The molecule has 4 amide bonds. The Morgan fingerprint density at radius 3 is 1.90 bits per heavy atom. The lowest BCUT2D eigenvalue weighted by Crippen LogP contribution is -2.59. The van der Waals surface area contributed by atoms with E-state index in [-0.39, 0.29) is 0 Å². The van der Waals surface area contributed by atoms with E-state index in [9.17, 15) is 19.2 Å². The van der Waals surface area contributed by atoms with Gasteiger partial charge in [0.25, 0.3) is 5.91 Å². The minimum atomic E-state index is -1.35. The molecule has 0 radical (unpaired) electrons. The smallest absolute Gasteiger partial charge is 0.408 e. The van der Waals surface area contributed by atoms with Gasteiger partial charge < -0.3 is 26.0 Å². The minimum Gasteiger partial charge on any atom is -0.444 e. The summed E-state index contributed by atoms with van der Waals surface area (Å²) >= 11 is 0. The molecule has 2 aromatic rings. The van der Waals surface area contributed by atoms with Gasteiger partial charge in [-0.05, 0) is 90.6 Å². The van der Waals surface area contributed by atoms with E-state index in [0.717, 1.165) is 16.7 Å². The van der Waals surface area contributed by atoms with Crippen molar-refractivity contribution in [3.8, 4) is 0 Å². The second-order valence-electron chi connectivity index (χ2n) is 11.8. The Balaban J connectivity index is 2.68. The zero-order valence-electron chi connectivity index (χ0n) is 24.5. The highest BCUT2D eigenvalue weighted by atomic mass is 16.6. The summed E-state index contributed by atoms with van der Waals surface area (Å²) in [5.74, 6) is -1.86. The molecule has 0 aliphatic rings. The van der Waals surface area contributed by atoms with Crippen LogP contribution in [0.5, 0.6) is 0 Å². The van der Waals surface area contributed by atoms with E-state index in [4.69, 9.17) is 10.5 Å². The molecule has 2 aromatic carbocycles. The number of primary amides is 1. The number of hydrogen-bond acceptors (Lipinski definition) is 5. The molecule has 0 heterocycles. The maximum Gasteiger partial charge on any atom is 0.408 e. The molecule has 2 rings (SSSR count). The zero-order valence-corrected chi connectivity index (χ0v) is 24.5. The molecule has 4 N–H and O–H groups in total. The minimum absolute atomic E-state index is 0.430. The van der Waals surface area contributed by atoms with E-state index in [1.54, 1.807) is 47.6 Å². The zero-order chi connectivity index (χ0) is 29.7.